The highest BCUT2D eigenvalue weighted by molar-refractivity contribution is 5.88. The third kappa shape index (κ3) is 2.79. The van der Waals surface area contributed by atoms with Crippen LogP contribution in [0.3, 0.4) is 0 Å². The van der Waals surface area contributed by atoms with E-state index in [4.69, 9.17) is 9.15 Å². The van der Waals surface area contributed by atoms with Gasteiger partial charge in [0.15, 0.2) is 0 Å². The Morgan fingerprint density at radius 1 is 1.24 bits per heavy atom. The zero-order chi connectivity index (χ0) is 15.7. The Kier molecular flexibility index (Phi) is 4.07. The van der Waals surface area contributed by atoms with Gasteiger partial charge in [0.05, 0.1) is 13.1 Å². The van der Waals surface area contributed by atoms with Crippen molar-refractivity contribution in [2.75, 3.05) is 7.11 Å². The number of methoxy groups -OCH3 is 1. The van der Waals surface area contributed by atoms with E-state index >= 15 is 0 Å². The Morgan fingerprint density at radius 2 is 1.90 bits per heavy atom. The molecule has 21 heavy (non-hydrogen) atoms. The first-order chi connectivity index (χ1) is 9.85. The largest absolute Gasteiger partial charge is 0.545 e. The van der Waals surface area contributed by atoms with Crippen molar-refractivity contribution in [3.05, 3.63) is 40.6 Å². The quantitative estimate of drug-likeness (QED) is 0.867. The van der Waals surface area contributed by atoms with E-state index in [0.717, 1.165) is 22.4 Å². The first-order valence-electron chi connectivity index (χ1n) is 6.85. The first-order valence-corrected chi connectivity index (χ1v) is 6.85. The second-order valence-corrected chi connectivity index (χ2v) is 5.43. The molecule has 0 unspecified atom stereocenters. The number of carbonyl (C=O) groups excluding carboxylic acids is 1. The summed E-state index contributed by atoms with van der Waals surface area (Å²) in [5.41, 5.74) is 2.98. The number of aromatic carboxylic acids is 1. The molecule has 0 aliphatic rings. The normalized spacial score (nSPS) is 11.0. The van der Waals surface area contributed by atoms with Gasteiger partial charge in [-0.25, -0.2) is 0 Å². The number of ether oxygens (including phenoxy) is 1. The smallest absolute Gasteiger partial charge is 0.135 e. The summed E-state index contributed by atoms with van der Waals surface area (Å²) in [5, 5.41) is 11.0. The summed E-state index contributed by atoms with van der Waals surface area (Å²) < 4.78 is 11.0. The molecular formula is C17H19O4-. The predicted octanol–water partition coefficient (Wildman–Crippen LogP) is 3.06. The first kappa shape index (κ1) is 15.2. The van der Waals surface area contributed by atoms with Crippen LogP contribution in [0.4, 0.5) is 0 Å². The highest BCUT2D eigenvalue weighted by Gasteiger charge is 2.16. The van der Waals surface area contributed by atoms with Crippen LogP contribution in [-0.2, 0) is 0 Å². The van der Waals surface area contributed by atoms with Crippen LogP contribution in [0.1, 0.15) is 47.0 Å². The molecule has 4 heteroatoms. The van der Waals surface area contributed by atoms with Gasteiger partial charge in [0.1, 0.15) is 17.3 Å². The van der Waals surface area contributed by atoms with E-state index in [1.807, 2.05) is 19.1 Å². The van der Waals surface area contributed by atoms with Crippen LogP contribution in [0, 0.1) is 13.8 Å². The van der Waals surface area contributed by atoms with E-state index in [0.29, 0.717) is 11.5 Å². The number of rotatable bonds is 4. The van der Waals surface area contributed by atoms with Crippen molar-refractivity contribution in [3.8, 4) is 17.1 Å². The van der Waals surface area contributed by atoms with E-state index < -0.39 is 5.97 Å². The molecule has 4 nitrogen and oxygen atoms in total. The molecule has 1 heterocycles. The van der Waals surface area contributed by atoms with E-state index in [2.05, 4.69) is 13.8 Å². The fourth-order valence-corrected chi connectivity index (χ4v) is 2.41. The summed E-state index contributed by atoms with van der Waals surface area (Å²) in [4.78, 5) is 11.0. The van der Waals surface area contributed by atoms with Crippen LogP contribution in [0.15, 0.2) is 22.6 Å². The summed E-state index contributed by atoms with van der Waals surface area (Å²) in [6, 6.07) is 5.46. The molecule has 0 N–H and O–H groups in total. The average molecular weight is 287 g/mol. The van der Waals surface area contributed by atoms with Crippen molar-refractivity contribution in [3.63, 3.8) is 0 Å². The van der Waals surface area contributed by atoms with Gasteiger partial charge < -0.3 is 19.1 Å². The summed E-state index contributed by atoms with van der Waals surface area (Å²) in [6.07, 6.45) is 0. The van der Waals surface area contributed by atoms with Crippen molar-refractivity contribution < 1.29 is 19.1 Å². The fraction of sp³-hybridized carbons (Fsp3) is 0.353. The Hall–Kier alpha value is -2.23. The van der Waals surface area contributed by atoms with Crippen molar-refractivity contribution in [2.45, 2.75) is 33.6 Å². The van der Waals surface area contributed by atoms with Gasteiger partial charge in [-0.1, -0.05) is 13.8 Å². The van der Waals surface area contributed by atoms with Gasteiger partial charge in [0.2, 0.25) is 0 Å². The van der Waals surface area contributed by atoms with Crippen LogP contribution in [-0.4, -0.2) is 13.1 Å². The average Bonchev–Trinajstić information content (AvgIpc) is 2.79. The van der Waals surface area contributed by atoms with Crippen molar-refractivity contribution in [1.82, 2.24) is 0 Å². The van der Waals surface area contributed by atoms with Crippen LogP contribution in [0.2, 0.25) is 0 Å². The molecule has 1 aromatic heterocycles. The molecule has 2 aromatic rings. The number of aryl methyl sites for hydroxylation is 2. The highest BCUT2D eigenvalue weighted by Crippen LogP contribution is 2.35. The molecule has 112 valence electrons. The molecule has 0 amide bonds. The Balaban J connectivity index is 2.61. The van der Waals surface area contributed by atoms with Gasteiger partial charge in [-0.05, 0) is 49.1 Å². The van der Waals surface area contributed by atoms with Crippen LogP contribution in [0.5, 0.6) is 5.75 Å². The minimum absolute atomic E-state index is 0.0892. The molecular weight excluding hydrogens is 268 g/mol. The SMILES string of the molecule is COc1cc(C)c(-c2cc(C(=O)[O-])c(C)o2)cc1C(C)C. The lowest BCUT2D eigenvalue weighted by molar-refractivity contribution is -0.255. The monoisotopic (exact) mass is 287 g/mol. The molecule has 1 aromatic carbocycles. The Labute approximate surface area is 124 Å². The molecule has 0 radical (unpaired) electrons. The number of benzene rings is 1. The van der Waals surface area contributed by atoms with Crippen molar-refractivity contribution in [2.24, 2.45) is 0 Å². The number of carboxylic acids is 1. The van der Waals surface area contributed by atoms with E-state index in [1.54, 1.807) is 14.0 Å². The lowest BCUT2D eigenvalue weighted by Crippen LogP contribution is -2.22. The Bertz CT molecular complexity index is 680. The molecule has 2 rings (SSSR count). The van der Waals surface area contributed by atoms with Gasteiger partial charge in [0, 0.05) is 11.1 Å². The minimum atomic E-state index is -1.22. The lowest BCUT2D eigenvalue weighted by atomic mass is 9.95. The lowest BCUT2D eigenvalue weighted by Gasteiger charge is -2.15. The standard InChI is InChI=1S/C17H20O4/c1-9(2)12-7-13(10(3)6-15(12)20-5)16-8-14(17(18)19)11(4)21-16/h6-9H,1-5H3,(H,18,19)/p-1. The molecule has 0 atom stereocenters. The third-order valence-electron chi connectivity index (χ3n) is 3.60. The second kappa shape index (κ2) is 5.64. The summed E-state index contributed by atoms with van der Waals surface area (Å²) in [7, 11) is 1.64. The topological polar surface area (TPSA) is 62.5 Å². The number of furan rings is 1. The molecule has 0 saturated carbocycles. The van der Waals surface area contributed by atoms with E-state index in [1.165, 1.54) is 6.07 Å². The maximum Gasteiger partial charge on any atom is 0.135 e. The fourth-order valence-electron chi connectivity index (χ4n) is 2.41. The molecule has 0 fully saturated rings. The minimum Gasteiger partial charge on any atom is -0.545 e. The number of hydrogen-bond donors (Lipinski definition) is 0. The number of carboxylic acid groups (broad SMARTS) is 1. The summed E-state index contributed by atoms with van der Waals surface area (Å²) >= 11 is 0. The van der Waals surface area contributed by atoms with Gasteiger partial charge in [-0.15, -0.1) is 0 Å². The number of hydrogen-bond acceptors (Lipinski definition) is 4. The summed E-state index contributed by atoms with van der Waals surface area (Å²) in [5.74, 6) is 0.781. The zero-order valence-corrected chi connectivity index (χ0v) is 12.9. The van der Waals surface area contributed by atoms with Crippen LogP contribution in [0.25, 0.3) is 11.3 Å². The Morgan fingerprint density at radius 3 is 2.38 bits per heavy atom. The van der Waals surface area contributed by atoms with Gasteiger partial charge in [-0.3, -0.25) is 0 Å². The number of carbonyl (C=O) groups is 1. The maximum atomic E-state index is 11.0. The molecule has 0 aliphatic carbocycles. The molecule has 0 saturated heterocycles. The summed E-state index contributed by atoms with van der Waals surface area (Å²) in [6.45, 7) is 7.73. The van der Waals surface area contributed by atoms with Crippen molar-refractivity contribution >= 4 is 5.97 Å². The maximum absolute atomic E-state index is 11.0. The van der Waals surface area contributed by atoms with Gasteiger partial charge in [0.25, 0.3) is 0 Å². The zero-order valence-electron chi connectivity index (χ0n) is 12.9. The van der Waals surface area contributed by atoms with Crippen LogP contribution < -0.4 is 9.84 Å². The molecule has 0 spiro atoms. The van der Waals surface area contributed by atoms with Gasteiger partial charge in [-0.2, -0.15) is 0 Å². The second-order valence-electron chi connectivity index (χ2n) is 5.43. The third-order valence-corrected chi connectivity index (χ3v) is 3.60. The van der Waals surface area contributed by atoms with E-state index in [-0.39, 0.29) is 11.5 Å². The van der Waals surface area contributed by atoms with E-state index in [9.17, 15) is 9.90 Å². The molecule has 0 bridgehead atoms. The molecule has 0 aliphatic heterocycles. The highest BCUT2D eigenvalue weighted by atomic mass is 16.5. The van der Waals surface area contributed by atoms with Gasteiger partial charge >= 0.3 is 0 Å². The van der Waals surface area contributed by atoms with Crippen molar-refractivity contribution in [1.29, 1.82) is 0 Å². The van der Waals surface area contributed by atoms with Crippen LogP contribution >= 0.6 is 0 Å². The predicted molar refractivity (Wildman–Crippen MR) is 78.6 cm³/mol.